The lowest BCUT2D eigenvalue weighted by atomic mass is 10.0. The molecule has 124 valence electrons. The third-order valence-electron chi connectivity index (χ3n) is 3.56. The van der Waals surface area contributed by atoms with Gasteiger partial charge in [0.05, 0.1) is 18.8 Å². The standard InChI is InChI=1S/C16H19N3O2S.ClH/c1-10-15(19-16(22-10)18-14(20)9-17-2)12-5-6-13-11(8-12)4-3-7-21-13;/h5-6,8,17H,3-4,7,9H2,1-2H3,(H,18,19,20);1H. The lowest BCUT2D eigenvalue weighted by molar-refractivity contribution is -0.115. The Kier molecular flexibility index (Phi) is 5.98. The highest BCUT2D eigenvalue weighted by molar-refractivity contribution is 7.16. The second-order valence-electron chi connectivity index (χ2n) is 5.28. The number of likely N-dealkylation sites (N-methyl/N-ethyl adjacent to an activating group) is 1. The molecule has 0 radical (unpaired) electrons. The molecular weight excluding hydrogens is 334 g/mol. The number of hydrogen-bond acceptors (Lipinski definition) is 5. The third-order valence-corrected chi connectivity index (χ3v) is 4.45. The van der Waals surface area contributed by atoms with Crippen LogP contribution < -0.4 is 15.4 Å². The van der Waals surface area contributed by atoms with E-state index >= 15 is 0 Å². The Labute approximate surface area is 145 Å². The number of carbonyl (C=O) groups is 1. The summed E-state index contributed by atoms with van der Waals surface area (Å²) < 4.78 is 5.65. The van der Waals surface area contributed by atoms with Crippen LogP contribution in [0.1, 0.15) is 16.9 Å². The lowest BCUT2D eigenvalue weighted by Crippen LogP contribution is -2.24. The van der Waals surface area contributed by atoms with Crippen molar-refractivity contribution in [3.63, 3.8) is 0 Å². The molecule has 23 heavy (non-hydrogen) atoms. The monoisotopic (exact) mass is 353 g/mol. The van der Waals surface area contributed by atoms with E-state index in [1.54, 1.807) is 7.05 Å². The van der Waals surface area contributed by atoms with E-state index in [9.17, 15) is 4.79 Å². The van der Waals surface area contributed by atoms with E-state index in [0.29, 0.717) is 5.13 Å². The van der Waals surface area contributed by atoms with Crippen molar-refractivity contribution < 1.29 is 9.53 Å². The van der Waals surface area contributed by atoms with Gasteiger partial charge in [0.2, 0.25) is 5.91 Å². The average molecular weight is 354 g/mol. The molecule has 0 saturated heterocycles. The van der Waals surface area contributed by atoms with E-state index < -0.39 is 0 Å². The van der Waals surface area contributed by atoms with E-state index in [4.69, 9.17) is 4.74 Å². The van der Waals surface area contributed by atoms with Crippen LogP contribution in [-0.4, -0.2) is 31.1 Å². The smallest absolute Gasteiger partial charge is 0.240 e. The van der Waals surface area contributed by atoms with E-state index in [1.165, 1.54) is 16.9 Å². The fourth-order valence-corrected chi connectivity index (χ4v) is 3.40. The topological polar surface area (TPSA) is 63.2 Å². The van der Waals surface area contributed by atoms with Crippen LogP contribution in [0.5, 0.6) is 5.75 Å². The molecule has 5 nitrogen and oxygen atoms in total. The number of benzene rings is 1. The first-order valence-electron chi connectivity index (χ1n) is 7.35. The minimum atomic E-state index is -0.0818. The molecule has 1 aliphatic heterocycles. The van der Waals surface area contributed by atoms with Crippen molar-refractivity contribution in [2.45, 2.75) is 19.8 Å². The largest absolute Gasteiger partial charge is 0.493 e. The summed E-state index contributed by atoms with van der Waals surface area (Å²) in [7, 11) is 1.74. The number of anilines is 1. The van der Waals surface area contributed by atoms with E-state index in [1.807, 2.05) is 19.1 Å². The van der Waals surface area contributed by atoms with Crippen molar-refractivity contribution in [3.05, 3.63) is 28.6 Å². The summed E-state index contributed by atoms with van der Waals surface area (Å²) in [5.41, 5.74) is 3.24. The zero-order valence-electron chi connectivity index (χ0n) is 13.1. The number of aromatic nitrogens is 1. The summed E-state index contributed by atoms with van der Waals surface area (Å²) in [6.07, 6.45) is 2.09. The van der Waals surface area contributed by atoms with Gasteiger partial charge in [-0.25, -0.2) is 4.98 Å². The molecule has 7 heteroatoms. The van der Waals surface area contributed by atoms with Gasteiger partial charge in [-0.05, 0) is 50.6 Å². The molecule has 2 N–H and O–H groups in total. The van der Waals surface area contributed by atoms with Gasteiger partial charge in [0.25, 0.3) is 0 Å². The van der Waals surface area contributed by atoms with Gasteiger partial charge < -0.3 is 15.4 Å². The zero-order chi connectivity index (χ0) is 15.5. The van der Waals surface area contributed by atoms with Gasteiger partial charge in [-0.2, -0.15) is 0 Å². The first kappa shape index (κ1) is 17.7. The number of nitrogens with one attached hydrogen (secondary N) is 2. The fourth-order valence-electron chi connectivity index (χ4n) is 2.55. The highest BCUT2D eigenvalue weighted by atomic mass is 35.5. The van der Waals surface area contributed by atoms with Gasteiger partial charge >= 0.3 is 0 Å². The highest BCUT2D eigenvalue weighted by Crippen LogP contribution is 2.34. The summed E-state index contributed by atoms with van der Waals surface area (Å²) in [5.74, 6) is 0.895. The number of halogens is 1. The molecule has 1 aliphatic rings. The summed E-state index contributed by atoms with van der Waals surface area (Å²) in [6.45, 7) is 3.10. The summed E-state index contributed by atoms with van der Waals surface area (Å²) in [5, 5.41) is 6.28. The minimum Gasteiger partial charge on any atom is -0.493 e. The van der Waals surface area contributed by atoms with Crippen molar-refractivity contribution in [2.75, 3.05) is 25.5 Å². The van der Waals surface area contributed by atoms with Crippen LogP contribution in [0.4, 0.5) is 5.13 Å². The van der Waals surface area contributed by atoms with Crippen LogP contribution in [0.2, 0.25) is 0 Å². The van der Waals surface area contributed by atoms with Gasteiger partial charge in [-0.15, -0.1) is 23.7 Å². The average Bonchev–Trinajstić information content (AvgIpc) is 2.87. The number of aryl methyl sites for hydroxylation is 2. The van der Waals surface area contributed by atoms with Crippen molar-refractivity contribution >= 4 is 34.8 Å². The summed E-state index contributed by atoms with van der Waals surface area (Å²) in [6, 6.07) is 6.20. The summed E-state index contributed by atoms with van der Waals surface area (Å²) >= 11 is 1.50. The number of carbonyl (C=O) groups excluding carboxylic acids is 1. The van der Waals surface area contributed by atoms with Crippen LogP contribution in [-0.2, 0) is 11.2 Å². The molecule has 0 unspecified atom stereocenters. The van der Waals surface area contributed by atoms with Crippen LogP contribution >= 0.6 is 23.7 Å². The second kappa shape index (κ2) is 7.77. The molecule has 2 aromatic rings. The number of nitrogens with zero attached hydrogens (tertiary/aromatic N) is 1. The Balaban J connectivity index is 0.00000192. The molecule has 1 aromatic carbocycles. The molecule has 1 amide bonds. The SMILES string of the molecule is CNCC(=O)Nc1nc(-c2ccc3c(c2)CCCO3)c(C)s1.Cl. The number of rotatable bonds is 4. The maximum atomic E-state index is 11.6. The van der Waals surface area contributed by atoms with Crippen molar-refractivity contribution in [3.8, 4) is 17.0 Å². The van der Waals surface area contributed by atoms with Crippen LogP contribution in [0.15, 0.2) is 18.2 Å². The number of amides is 1. The van der Waals surface area contributed by atoms with Gasteiger partial charge in [0, 0.05) is 10.4 Å². The Morgan fingerprint density at radius 1 is 1.43 bits per heavy atom. The van der Waals surface area contributed by atoms with Gasteiger partial charge in [0.1, 0.15) is 5.75 Å². The zero-order valence-corrected chi connectivity index (χ0v) is 14.8. The predicted molar refractivity (Wildman–Crippen MR) is 95.9 cm³/mol. The van der Waals surface area contributed by atoms with E-state index in [0.717, 1.165) is 41.3 Å². The molecule has 1 aromatic heterocycles. The van der Waals surface area contributed by atoms with Crippen molar-refractivity contribution in [1.82, 2.24) is 10.3 Å². The molecule has 0 bridgehead atoms. The van der Waals surface area contributed by atoms with Crippen LogP contribution in [0.25, 0.3) is 11.3 Å². The van der Waals surface area contributed by atoms with Crippen LogP contribution in [0.3, 0.4) is 0 Å². The number of fused-ring (bicyclic) bond motifs is 1. The summed E-state index contributed by atoms with van der Waals surface area (Å²) in [4.78, 5) is 17.3. The predicted octanol–water partition coefficient (Wildman–Crippen LogP) is 3.02. The van der Waals surface area contributed by atoms with Crippen LogP contribution in [0, 0.1) is 6.92 Å². The molecule has 0 atom stereocenters. The molecular formula is C16H20ClN3O2S. The van der Waals surface area contributed by atoms with Gasteiger partial charge in [-0.3, -0.25) is 4.79 Å². The number of hydrogen-bond donors (Lipinski definition) is 2. The normalized spacial score (nSPS) is 12.8. The minimum absolute atomic E-state index is 0. The molecule has 0 spiro atoms. The van der Waals surface area contributed by atoms with E-state index in [-0.39, 0.29) is 24.9 Å². The Morgan fingerprint density at radius 2 is 2.26 bits per heavy atom. The third kappa shape index (κ3) is 4.02. The second-order valence-corrected chi connectivity index (χ2v) is 6.48. The highest BCUT2D eigenvalue weighted by Gasteiger charge is 2.15. The molecule has 3 rings (SSSR count). The van der Waals surface area contributed by atoms with Crippen molar-refractivity contribution in [2.24, 2.45) is 0 Å². The number of thiazole rings is 1. The van der Waals surface area contributed by atoms with Gasteiger partial charge in [0.15, 0.2) is 5.13 Å². The Morgan fingerprint density at radius 3 is 3.04 bits per heavy atom. The van der Waals surface area contributed by atoms with Crippen molar-refractivity contribution in [1.29, 1.82) is 0 Å². The maximum Gasteiger partial charge on any atom is 0.240 e. The first-order chi connectivity index (χ1) is 10.7. The molecule has 0 aliphatic carbocycles. The molecule has 0 fully saturated rings. The fraction of sp³-hybridized carbons (Fsp3) is 0.375. The Hall–Kier alpha value is -1.63. The molecule has 2 heterocycles. The Bertz CT molecular complexity index is 703. The number of ether oxygens (including phenoxy) is 1. The quantitative estimate of drug-likeness (QED) is 0.886. The first-order valence-corrected chi connectivity index (χ1v) is 8.17. The van der Waals surface area contributed by atoms with Gasteiger partial charge in [-0.1, -0.05) is 0 Å². The molecule has 0 saturated carbocycles. The lowest BCUT2D eigenvalue weighted by Gasteiger charge is -2.17. The van der Waals surface area contributed by atoms with E-state index in [2.05, 4.69) is 21.7 Å². The maximum absolute atomic E-state index is 11.6.